The number of rotatable bonds is 7. The van der Waals surface area contributed by atoms with E-state index in [1.54, 1.807) is 67.8 Å². The molecule has 3 aromatic carbocycles. The van der Waals surface area contributed by atoms with Crippen molar-refractivity contribution in [2.75, 3.05) is 17.3 Å². The topological polar surface area (TPSA) is 79.0 Å². The number of nitrogens with zero attached hydrogens (tertiary/aromatic N) is 2. The number of anilines is 2. The Morgan fingerprint density at radius 2 is 1.73 bits per heavy atom. The van der Waals surface area contributed by atoms with Crippen LogP contribution in [0.3, 0.4) is 0 Å². The molecule has 1 N–H and O–H groups in total. The van der Waals surface area contributed by atoms with E-state index in [9.17, 15) is 18.8 Å². The maximum absolute atomic E-state index is 13.7. The van der Waals surface area contributed by atoms with Crippen LogP contribution in [0.1, 0.15) is 12.0 Å². The van der Waals surface area contributed by atoms with Gasteiger partial charge in [-0.05, 0) is 54.1 Å². The molecule has 0 aliphatic carbocycles. The lowest BCUT2D eigenvalue weighted by atomic mass is 10.1. The van der Waals surface area contributed by atoms with Gasteiger partial charge in [0.2, 0.25) is 5.91 Å². The quantitative estimate of drug-likeness (QED) is 0.551. The van der Waals surface area contributed by atoms with E-state index >= 15 is 0 Å². The van der Waals surface area contributed by atoms with Gasteiger partial charge in [-0.25, -0.2) is 14.1 Å². The summed E-state index contributed by atoms with van der Waals surface area (Å²) >= 11 is 0. The van der Waals surface area contributed by atoms with Gasteiger partial charge in [0.05, 0.1) is 19.2 Å². The fraction of sp³-hybridized carbons (Fsp3) is 0.160. The number of benzene rings is 3. The molecular formula is C25H22FN3O4. The molecule has 1 saturated heterocycles. The Labute approximate surface area is 190 Å². The Balaban J connectivity index is 1.58. The van der Waals surface area contributed by atoms with Crippen molar-refractivity contribution in [3.8, 4) is 5.75 Å². The molecule has 1 heterocycles. The zero-order chi connectivity index (χ0) is 23.4. The second-order valence-electron chi connectivity index (χ2n) is 7.55. The van der Waals surface area contributed by atoms with E-state index in [4.69, 9.17) is 4.74 Å². The molecular weight excluding hydrogens is 425 g/mol. The first kappa shape index (κ1) is 22.0. The van der Waals surface area contributed by atoms with Crippen molar-refractivity contribution in [2.24, 2.45) is 0 Å². The number of imide groups is 1. The van der Waals surface area contributed by atoms with Crippen LogP contribution in [0.4, 0.5) is 20.6 Å². The van der Waals surface area contributed by atoms with Crippen molar-refractivity contribution in [2.45, 2.75) is 19.0 Å². The van der Waals surface area contributed by atoms with Crippen LogP contribution >= 0.6 is 0 Å². The predicted octanol–water partition coefficient (Wildman–Crippen LogP) is 4.20. The van der Waals surface area contributed by atoms with E-state index in [-0.39, 0.29) is 13.0 Å². The lowest BCUT2D eigenvalue weighted by molar-refractivity contribution is -0.124. The highest BCUT2D eigenvalue weighted by molar-refractivity contribution is 6.22. The second kappa shape index (κ2) is 9.52. The molecule has 8 heteroatoms. The molecule has 1 unspecified atom stereocenters. The van der Waals surface area contributed by atoms with Gasteiger partial charge in [-0.1, -0.05) is 30.3 Å². The summed E-state index contributed by atoms with van der Waals surface area (Å²) in [5.41, 5.74) is 1.47. The molecule has 1 aliphatic heterocycles. The van der Waals surface area contributed by atoms with Crippen molar-refractivity contribution in [3.63, 3.8) is 0 Å². The van der Waals surface area contributed by atoms with Gasteiger partial charge in [-0.2, -0.15) is 0 Å². The van der Waals surface area contributed by atoms with Gasteiger partial charge in [0.1, 0.15) is 17.6 Å². The molecule has 4 rings (SSSR count). The number of nitrogens with one attached hydrogen (secondary N) is 1. The SMILES string of the molecule is COc1ccc(NC(=O)CC2C(=O)N(c3ccccc3)C(=O)N2Cc2cccc(F)c2)cc1. The van der Waals surface area contributed by atoms with Crippen molar-refractivity contribution in [3.05, 3.63) is 90.2 Å². The maximum Gasteiger partial charge on any atom is 0.332 e. The number of halogens is 1. The summed E-state index contributed by atoms with van der Waals surface area (Å²) < 4.78 is 18.8. The Morgan fingerprint density at radius 3 is 2.39 bits per heavy atom. The largest absolute Gasteiger partial charge is 0.497 e. The number of urea groups is 1. The molecule has 1 aliphatic rings. The van der Waals surface area contributed by atoms with Crippen LogP contribution < -0.4 is 15.0 Å². The third kappa shape index (κ3) is 4.85. The molecule has 0 aromatic heterocycles. The average molecular weight is 447 g/mol. The van der Waals surface area contributed by atoms with Crippen LogP contribution in [-0.2, 0) is 16.1 Å². The minimum atomic E-state index is -1.03. The summed E-state index contributed by atoms with van der Waals surface area (Å²) in [6.07, 6.45) is -0.241. The minimum Gasteiger partial charge on any atom is -0.497 e. The first-order valence-electron chi connectivity index (χ1n) is 10.3. The molecule has 1 atom stereocenters. The predicted molar refractivity (Wildman–Crippen MR) is 121 cm³/mol. The molecule has 0 saturated carbocycles. The molecule has 168 valence electrons. The molecule has 0 spiro atoms. The van der Waals surface area contributed by atoms with Crippen LogP contribution in [0.5, 0.6) is 5.75 Å². The number of para-hydroxylation sites is 1. The van der Waals surface area contributed by atoms with Crippen LogP contribution in [-0.4, -0.2) is 35.9 Å². The molecule has 4 amide bonds. The Kier molecular flexibility index (Phi) is 6.35. The van der Waals surface area contributed by atoms with Gasteiger partial charge in [-0.3, -0.25) is 9.59 Å². The number of ether oxygens (including phenoxy) is 1. The van der Waals surface area contributed by atoms with Gasteiger partial charge < -0.3 is 15.0 Å². The van der Waals surface area contributed by atoms with E-state index < -0.39 is 29.7 Å². The van der Waals surface area contributed by atoms with Crippen LogP contribution in [0.2, 0.25) is 0 Å². The van der Waals surface area contributed by atoms with Crippen LogP contribution in [0.15, 0.2) is 78.9 Å². The third-order valence-electron chi connectivity index (χ3n) is 5.33. The Morgan fingerprint density at radius 1 is 1.00 bits per heavy atom. The molecule has 0 radical (unpaired) electrons. The summed E-state index contributed by atoms with van der Waals surface area (Å²) in [4.78, 5) is 41.6. The van der Waals surface area contributed by atoms with Crippen molar-refractivity contribution in [1.82, 2.24) is 4.90 Å². The Hall–Kier alpha value is -4.20. The lowest BCUT2D eigenvalue weighted by Crippen LogP contribution is -2.37. The summed E-state index contributed by atoms with van der Waals surface area (Å²) in [5.74, 6) is -0.735. The van der Waals surface area contributed by atoms with E-state index in [0.29, 0.717) is 22.7 Å². The fourth-order valence-corrected chi connectivity index (χ4v) is 3.72. The lowest BCUT2D eigenvalue weighted by Gasteiger charge is -2.21. The smallest absolute Gasteiger partial charge is 0.332 e. The highest BCUT2D eigenvalue weighted by Crippen LogP contribution is 2.28. The van der Waals surface area contributed by atoms with Crippen LogP contribution in [0, 0.1) is 5.82 Å². The number of hydrogen-bond donors (Lipinski definition) is 1. The molecule has 1 fully saturated rings. The second-order valence-corrected chi connectivity index (χ2v) is 7.55. The first-order valence-corrected chi connectivity index (χ1v) is 10.3. The minimum absolute atomic E-state index is 0.00779. The van der Waals surface area contributed by atoms with E-state index in [0.717, 1.165) is 4.90 Å². The Bertz CT molecular complexity index is 1170. The summed E-state index contributed by atoms with van der Waals surface area (Å²) in [7, 11) is 1.54. The molecule has 0 bridgehead atoms. The monoisotopic (exact) mass is 447 g/mol. The maximum atomic E-state index is 13.7. The average Bonchev–Trinajstić information content (AvgIpc) is 3.04. The highest BCUT2D eigenvalue weighted by Gasteiger charge is 2.46. The molecule has 7 nitrogen and oxygen atoms in total. The van der Waals surface area contributed by atoms with Gasteiger partial charge >= 0.3 is 6.03 Å². The fourth-order valence-electron chi connectivity index (χ4n) is 3.72. The van der Waals surface area contributed by atoms with Gasteiger partial charge in [0, 0.05) is 12.2 Å². The van der Waals surface area contributed by atoms with Crippen molar-refractivity contribution < 1.29 is 23.5 Å². The number of carbonyl (C=O) groups excluding carboxylic acids is 3. The number of carbonyl (C=O) groups is 3. The van der Waals surface area contributed by atoms with E-state index in [2.05, 4.69) is 5.32 Å². The van der Waals surface area contributed by atoms with E-state index in [1.165, 1.54) is 23.1 Å². The normalized spacial score (nSPS) is 15.6. The van der Waals surface area contributed by atoms with Crippen molar-refractivity contribution >= 4 is 29.2 Å². The van der Waals surface area contributed by atoms with Gasteiger partial charge in [0.25, 0.3) is 5.91 Å². The third-order valence-corrected chi connectivity index (χ3v) is 5.33. The van der Waals surface area contributed by atoms with Gasteiger partial charge in [0.15, 0.2) is 0 Å². The van der Waals surface area contributed by atoms with E-state index in [1.807, 2.05) is 0 Å². The first-order chi connectivity index (χ1) is 16.0. The van der Waals surface area contributed by atoms with Gasteiger partial charge in [-0.15, -0.1) is 0 Å². The summed E-state index contributed by atoms with van der Waals surface area (Å²) in [5, 5.41) is 2.74. The zero-order valence-corrected chi connectivity index (χ0v) is 17.9. The summed E-state index contributed by atoms with van der Waals surface area (Å²) in [6, 6.07) is 19.5. The highest BCUT2D eigenvalue weighted by atomic mass is 19.1. The number of amides is 4. The molecule has 33 heavy (non-hydrogen) atoms. The number of hydrogen-bond acceptors (Lipinski definition) is 4. The standard InChI is InChI=1S/C25H22FN3O4/c1-33-21-12-10-19(11-13-21)27-23(30)15-22-24(31)29(20-8-3-2-4-9-20)25(32)28(22)16-17-6-5-7-18(26)14-17/h2-14,22H,15-16H2,1H3,(H,27,30). The summed E-state index contributed by atoms with van der Waals surface area (Å²) in [6.45, 7) is -0.00779. The zero-order valence-electron chi connectivity index (χ0n) is 17.9. The molecule has 3 aromatic rings. The number of methoxy groups -OCH3 is 1. The van der Waals surface area contributed by atoms with Crippen LogP contribution in [0.25, 0.3) is 0 Å². The van der Waals surface area contributed by atoms with Crippen molar-refractivity contribution in [1.29, 1.82) is 0 Å².